The van der Waals surface area contributed by atoms with Crippen LogP contribution in [0.4, 0.5) is 0 Å². The molecule has 2 N–H and O–H groups in total. The Morgan fingerprint density at radius 3 is 2.53 bits per heavy atom. The van der Waals surface area contributed by atoms with Crippen molar-refractivity contribution in [2.24, 2.45) is 23.5 Å². The second-order valence-electron chi connectivity index (χ2n) is 6.46. The fourth-order valence-electron chi connectivity index (χ4n) is 3.67. The molecule has 1 unspecified atom stereocenters. The average molecular weight is 267 g/mol. The van der Waals surface area contributed by atoms with Crippen LogP contribution in [0.1, 0.15) is 51.9 Å². The molecule has 2 rings (SSSR count). The molecule has 0 aromatic rings. The summed E-state index contributed by atoms with van der Waals surface area (Å²) in [4.78, 5) is 12.2. The van der Waals surface area contributed by atoms with E-state index in [0.717, 1.165) is 24.4 Å². The molecule has 110 valence electrons. The van der Waals surface area contributed by atoms with Gasteiger partial charge in [-0.1, -0.05) is 6.92 Å². The normalized spacial score (nSPS) is 34.4. The molecule has 2 aliphatic rings. The first-order chi connectivity index (χ1) is 9.11. The fraction of sp³-hybridized carbons (Fsp3) is 0.933. The molecule has 1 aliphatic heterocycles. The molecule has 2 atom stereocenters. The molecule has 0 radical (unpaired) electrons. The minimum atomic E-state index is -0.345. The molecular formula is C15H27N2O2-. The van der Waals surface area contributed by atoms with E-state index in [1.165, 1.54) is 25.7 Å². The predicted molar refractivity (Wildman–Crippen MR) is 76.4 cm³/mol. The predicted octanol–water partition coefficient (Wildman–Crippen LogP) is 2.31. The van der Waals surface area contributed by atoms with Gasteiger partial charge in [-0.05, 0) is 69.4 Å². The van der Waals surface area contributed by atoms with Crippen LogP contribution in [0.5, 0.6) is 0 Å². The maximum atomic E-state index is 12.2. The Hall–Kier alpha value is -0.450. The Kier molecular flexibility index (Phi) is 5.37. The number of hydrogen-bond donors (Lipinski definition) is 1. The summed E-state index contributed by atoms with van der Waals surface area (Å²) < 4.78 is 0. The summed E-state index contributed by atoms with van der Waals surface area (Å²) in [6, 6.07) is -0.345. The van der Waals surface area contributed by atoms with Gasteiger partial charge < -0.3 is 16.0 Å². The molecule has 1 saturated carbocycles. The molecule has 1 aliphatic carbocycles. The zero-order valence-corrected chi connectivity index (χ0v) is 12.0. The summed E-state index contributed by atoms with van der Waals surface area (Å²) in [5.41, 5.74) is 5.71. The summed E-state index contributed by atoms with van der Waals surface area (Å²) in [5, 5.41) is 12.5. The van der Waals surface area contributed by atoms with Gasteiger partial charge in [0.1, 0.15) is 5.78 Å². The van der Waals surface area contributed by atoms with Gasteiger partial charge in [-0.15, -0.1) is 0 Å². The highest BCUT2D eigenvalue weighted by Crippen LogP contribution is 2.35. The molecule has 1 heterocycles. The first kappa shape index (κ1) is 14.9. The van der Waals surface area contributed by atoms with Crippen LogP contribution in [0, 0.1) is 23.0 Å². The van der Waals surface area contributed by atoms with E-state index in [9.17, 15) is 10.0 Å². The lowest BCUT2D eigenvalue weighted by Gasteiger charge is -2.33. The van der Waals surface area contributed by atoms with Crippen LogP contribution in [-0.2, 0) is 4.79 Å². The van der Waals surface area contributed by atoms with Gasteiger partial charge in [0.05, 0.1) is 6.04 Å². The molecule has 19 heavy (non-hydrogen) atoms. The van der Waals surface area contributed by atoms with Crippen molar-refractivity contribution in [1.29, 1.82) is 0 Å². The zero-order valence-electron chi connectivity index (χ0n) is 12.0. The van der Waals surface area contributed by atoms with Crippen molar-refractivity contribution in [3.8, 4) is 0 Å². The maximum absolute atomic E-state index is 12.2. The van der Waals surface area contributed by atoms with Gasteiger partial charge in [0.15, 0.2) is 0 Å². The summed E-state index contributed by atoms with van der Waals surface area (Å²) >= 11 is 0. The van der Waals surface area contributed by atoms with Gasteiger partial charge in [0.25, 0.3) is 0 Å². The number of nitrogens with zero attached hydrogens (tertiary/aromatic N) is 1. The fourth-order valence-corrected chi connectivity index (χ4v) is 3.67. The third-order valence-electron chi connectivity index (χ3n) is 5.13. The number of nitrogens with two attached hydrogens (primary N) is 1. The Labute approximate surface area is 116 Å². The van der Waals surface area contributed by atoms with Gasteiger partial charge in [0.2, 0.25) is 0 Å². The molecule has 1 saturated heterocycles. The number of Topliss-reactive ketones (excluding diaryl/α,β-unsaturated/α-hetero) is 1. The minimum Gasteiger partial charge on any atom is -0.785 e. The van der Waals surface area contributed by atoms with E-state index in [1.54, 1.807) is 0 Å². The molecule has 0 bridgehead atoms. The van der Waals surface area contributed by atoms with E-state index in [1.807, 2.05) is 0 Å². The summed E-state index contributed by atoms with van der Waals surface area (Å²) in [6.07, 6.45) is 7.02. The molecule has 4 nitrogen and oxygen atoms in total. The topological polar surface area (TPSA) is 69.4 Å². The van der Waals surface area contributed by atoms with Gasteiger partial charge in [-0.3, -0.25) is 4.79 Å². The van der Waals surface area contributed by atoms with Crippen molar-refractivity contribution in [1.82, 2.24) is 5.06 Å². The quantitative estimate of drug-likeness (QED) is 0.830. The number of hydroxylamine groups is 2. The van der Waals surface area contributed by atoms with Crippen LogP contribution in [0.3, 0.4) is 0 Å². The highest BCUT2D eigenvalue weighted by Gasteiger charge is 2.29. The minimum absolute atomic E-state index is 0.168. The van der Waals surface area contributed by atoms with E-state index >= 15 is 0 Å². The van der Waals surface area contributed by atoms with Crippen molar-refractivity contribution < 1.29 is 4.79 Å². The number of ketones is 1. The van der Waals surface area contributed by atoms with Crippen molar-refractivity contribution >= 4 is 5.78 Å². The van der Waals surface area contributed by atoms with Gasteiger partial charge in [0, 0.05) is 6.42 Å². The van der Waals surface area contributed by atoms with Gasteiger partial charge in [-0.25, -0.2) is 0 Å². The molecule has 0 aromatic carbocycles. The maximum Gasteiger partial charge on any atom is 0.149 e. The van der Waals surface area contributed by atoms with E-state index in [4.69, 9.17) is 5.73 Å². The third-order valence-corrected chi connectivity index (χ3v) is 5.13. The Balaban J connectivity index is 1.77. The van der Waals surface area contributed by atoms with E-state index in [0.29, 0.717) is 30.7 Å². The van der Waals surface area contributed by atoms with E-state index in [-0.39, 0.29) is 11.8 Å². The first-order valence-electron chi connectivity index (χ1n) is 7.78. The van der Waals surface area contributed by atoms with Crippen molar-refractivity contribution in [3.63, 3.8) is 0 Å². The van der Waals surface area contributed by atoms with Crippen LogP contribution in [0.2, 0.25) is 0 Å². The van der Waals surface area contributed by atoms with Crippen LogP contribution in [0.15, 0.2) is 0 Å². The Morgan fingerprint density at radius 2 is 2.00 bits per heavy atom. The third kappa shape index (κ3) is 3.77. The number of rotatable bonds is 5. The molecular weight excluding hydrogens is 240 g/mol. The average Bonchev–Trinajstić information content (AvgIpc) is 2.85. The van der Waals surface area contributed by atoms with Crippen LogP contribution in [-0.4, -0.2) is 30.0 Å². The van der Waals surface area contributed by atoms with Crippen LogP contribution < -0.4 is 5.73 Å². The number of carbonyl (C=O) groups excluding carboxylic acids is 1. The molecule has 0 amide bonds. The molecule has 2 fully saturated rings. The van der Waals surface area contributed by atoms with Crippen molar-refractivity contribution in [2.45, 2.75) is 57.9 Å². The molecule has 4 heteroatoms. The smallest absolute Gasteiger partial charge is 0.149 e. The lowest BCUT2D eigenvalue weighted by atomic mass is 9.74. The summed E-state index contributed by atoms with van der Waals surface area (Å²) in [7, 11) is 0. The van der Waals surface area contributed by atoms with Crippen LogP contribution >= 0.6 is 0 Å². The Bertz CT molecular complexity index is 301. The van der Waals surface area contributed by atoms with Crippen LogP contribution in [0.25, 0.3) is 0 Å². The molecule has 0 aromatic heterocycles. The highest BCUT2D eigenvalue weighted by atomic mass is 16.5. The largest absolute Gasteiger partial charge is 0.785 e. The van der Waals surface area contributed by atoms with E-state index < -0.39 is 0 Å². The molecule has 0 spiro atoms. The standard InChI is InChI=1S/C15H27N2O2/c1-11(13-6-4-12(10-16)5-7-13)9-15(18)14-3-2-8-17(14)19/h11-14H,2-10,16H2,1H3/q-1/t11?,12?,13?,14-/m0/s1. The SMILES string of the molecule is CC(CC(=O)[C@@H]1CCCN1[O-])C1CCC(CN)CC1. The lowest BCUT2D eigenvalue weighted by Crippen LogP contribution is -2.34. The zero-order chi connectivity index (χ0) is 13.8. The lowest BCUT2D eigenvalue weighted by molar-refractivity contribution is -0.123. The van der Waals surface area contributed by atoms with Gasteiger partial charge in [-0.2, -0.15) is 0 Å². The van der Waals surface area contributed by atoms with Gasteiger partial charge >= 0.3 is 0 Å². The van der Waals surface area contributed by atoms with Crippen molar-refractivity contribution in [3.05, 3.63) is 5.21 Å². The Morgan fingerprint density at radius 1 is 1.32 bits per heavy atom. The monoisotopic (exact) mass is 267 g/mol. The second kappa shape index (κ2) is 6.82. The second-order valence-corrected chi connectivity index (χ2v) is 6.46. The summed E-state index contributed by atoms with van der Waals surface area (Å²) in [5.74, 6) is 1.92. The first-order valence-corrected chi connectivity index (χ1v) is 7.78. The number of hydrogen-bond acceptors (Lipinski definition) is 4. The summed E-state index contributed by atoms with van der Waals surface area (Å²) in [6.45, 7) is 3.51. The number of carbonyl (C=O) groups is 1. The highest BCUT2D eigenvalue weighted by molar-refractivity contribution is 5.84. The van der Waals surface area contributed by atoms with Crippen molar-refractivity contribution in [2.75, 3.05) is 13.1 Å². The van der Waals surface area contributed by atoms with E-state index in [2.05, 4.69) is 6.92 Å².